The maximum Gasteiger partial charge on any atom is 0.128 e. The van der Waals surface area contributed by atoms with E-state index in [9.17, 15) is 20.4 Å². The molecule has 0 amide bonds. The minimum Gasteiger partial charge on any atom is -0.496 e. The van der Waals surface area contributed by atoms with Gasteiger partial charge in [-0.25, -0.2) is 0 Å². The van der Waals surface area contributed by atoms with Crippen LogP contribution in [0.2, 0.25) is 0 Å². The Balaban J connectivity index is 1.73. The Morgan fingerprint density at radius 2 is 1.77 bits per heavy atom. The van der Waals surface area contributed by atoms with Gasteiger partial charge < -0.3 is 34.6 Å². The van der Waals surface area contributed by atoms with Gasteiger partial charge in [0.25, 0.3) is 0 Å². The largest absolute Gasteiger partial charge is 0.496 e. The summed E-state index contributed by atoms with van der Waals surface area (Å²) in [6.07, 6.45) is -5.61. The summed E-state index contributed by atoms with van der Waals surface area (Å²) < 4.78 is 18.1. The van der Waals surface area contributed by atoms with E-state index in [1.165, 1.54) is 21.4 Å². The molecular weight excluding hydrogens is 428 g/mol. The third kappa shape index (κ3) is 3.82. The number of methoxy groups -OCH3 is 2. The van der Waals surface area contributed by atoms with Crippen LogP contribution in [-0.2, 0) is 11.2 Å². The van der Waals surface area contributed by atoms with E-state index >= 15 is 0 Å². The third-order valence-electron chi connectivity index (χ3n) is 5.39. The minimum absolute atomic E-state index is 0.423. The monoisotopic (exact) mass is 452 g/mol. The molecule has 1 aliphatic heterocycles. The number of ether oxygens (including phenoxy) is 3. The SMILES string of the molecule is COc1cc(OC)c([C@@H]2O[C@H](CO)[C@@H](O)[C@H](O)[C@H]2O)cc1Cc1cc2ccsc2s1. The number of thiophene rings is 2. The lowest BCUT2D eigenvalue weighted by atomic mass is 9.89. The Kier molecular flexibility index (Phi) is 6.31. The van der Waals surface area contributed by atoms with Gasteiger partial charge in [-0.05, 0) is 29.1 Å². The Morgan fingerprint density at radius 1 is 1.00 bits per heavy atom. The first-order valence-electron chi connectivity index (χ1n) is 9.48. The van der Waals surface area contributed by atoms with Crippen LogP contribution in [0.15, 0.2) is 29.6 Å². The highest BCUT2D eigenvalue weighted by molar-refractivity contribution is 7.37. The molecule has 3 heterocycles. The summed E-state index contributed by atoms with van der Waals surface area (Å²) in [4.78, 5) is 1.17. The van der Waals surface area contributed by atoms with Gasteiger partial charge in [0.15, 0.2) is 0 Å². The molecule has 30 heavy (non-hydrogen) atoms. The van der Waals surface area contributed by atoms with Gasteiger partial charge in [-0.2, -0.15) is 0 Å². The topological polar surface area (TPSA) is 109 Å². The molecule has 162 valence electrons. The lowest BCUT2D eigenvalue weighted by molar-refractivity contribution is -0.232. The first-order valence-corrected chi connectivity index (χ1v) is 11.2. The van der Waals surface area contributed by atoms with Gasteiger partial charge in [0.2, 0.25) is 0 Å². The Hall–Kier alpha value is -1.72. The van der Waals surface area contributed by atoms with E-state index < -0.39 is 37.1 Å². The van der Waals surface area contributed by atoms with E-state index in [4.69, 9.17) is 14.2 Å². The van der Waals surface area contributed by atoms with Crippen LogP contribution in [0.3, 0.4) is 0 Å². The fourth-order valence-corrected chi connectivity index (χ4v) is 5.98. The van der Waals surface area contributed by atoms with Gasteiger partial charge in [0.1, 0.15) is 42.0 Å². The van der Waals surface area contributed by atoms with E-state index in [-0.39, 0.29) is 0 Å². The molecule has 9 heteroatoms. The quantitative estimate of drug-likeness (QED) is 0.453. The maximum atomic E-state index is 10.6. The molecule has 1 fully saturated rings. The second-order valence-electron chi connectivity index (χ2n) is 7.21. The summed E-state index contributed by atoms with van der Waals surface area (Å²) in [5.41, 5.74) is 1.39. The fraction of sp³-hybridized carbons (Fsp3) is 0.429. The van der Waals surface area contributed by atoms with Crippen molar-refractivity contribution in [3.05, 3.63) is 45.6 Å². The minimum atomic E-state index is -1.46. The molecule has 7 nitrogen and oxygen atoms in total. The van der Waals surface area contributed by atoms with Gasteiger partial charge in [0.05, 0.1) is 24.8 Å². The van der Waals surface area contributed by atoms with Crippen LogP contribution in [0.5, 0.6) is 11.5 Å². The number of aliphatic hydroxyl groups is 4. The van der Waals surface area contributed by atoms with E-state index in [1.54, 1.807) is 35.8 Å². The molecule has 0 spiro atoms. The molecule has 2 aromatic heterocycles. The number of fused-ring (bicyclic) bond motifs is 1. The number of benzene rings is 1. The van der Waals surface area contributed by atoms with E-state index in [0.29, 0.717) is 23.5 Å². The summed E-state index contributed by atoms with van der Waals surface area (Å²) in [6, 6.07) is 7.79. The Morgan fingerprint density at radius 3 is 2.43 bits per heavy atom. The van der Waals surface area contributed by atoms with Crippen molar-refractivity contribution in [1.29, 1.82) is 0 Å². The molecule has 0 unspecified atom stereocenters. The number of aliphatic hydroxyl groups excluding tert-OH is 4. The van der Waals surface area contributed by atoms with Crippen LogP contribution in [-0.4, -0.2) is 65.7 Å². The van der Waals surface area contributed by atoms with Crippen LogP contribution in [0, 0.1) is 0 Å². The number of rotatable bonds is 6. The van der Waals surface area contributed by atoms with Gasteiger partial charge in [-0.15, -0.1) is 22.7 Å². The predicted molar refractivity (Wildman–Crippen MR) is 115 cm³/mol. The Bertz CT molecular complexity index is 984. The molecule has 0 saturated carbocycles. The lowest BCUT2D eigenvalue weighted by Crippen LogP contribution is -2.55. The highest BCUT2D eigenvalue weighted by atomic mass is 32.2. The molecule has 5 atom stereocenters. The standard InChI is InChI=1S/C21H24O7S2/c1-26-14-8-15(27-2)13(20-19(25)18(24)17(23)16(9-22)28-20)7-11(14)6-12-5-10-3-4-29-21(10)30-12/h3-5,7-8,16-20,22-25H,6,9H2,1-2H3/t16-,17-,18+,19-,20+/m1/s1. The van der Waals surface area contributed by atoms with E-state index in [2.05, 4.69) is 17.5 Å². The smallest absolute Gasteiger partial charge is 0.128 e. The average molecular weight is 453 g/mol. The summed E-state index contributed by atoms with van der Waals surface area (Å²) >= 11 is 3.42. The van der Waals surface area contributed by atoms with Crippen molar-refractivity contribution in [3.63, 3.8) is 0 Å². The van der Waals surface area contributed by atoms with Crippen molar-refractivity contribution in [3.8, 4) is 11.5 Å². The van der Waals surface area contributed by atoms with E-state index in [0.717, 1.165) is 5.56 Å². The normalized spacial score (nSPS) is 26.8. The molecule has 1 aliphatic rings. The lowest BCUT2D eigenvalue weighted by Gasteiger charge is -2.40. The van der Waals surface area contributed by atoms with Crippen molar-refractivity contribution < 1.29 is 34.6 Å². The fourth-order valence-electron chi connectivity index (χ4n) is 3.80. The first kappa shape index (κ1) is 21.5. The predicted octanol–water partition coefficient (Wildman–Crippen LogP) is 2.09. The first-order chi connectivity index (χ1) is 14.5. The van der Waals surface area contributed by atoms with Gasteiger partial charge in [-0.1, -0.05) is 0 Å². The van der Waals surface area contributed by atoms with Crippen LogP contribution < -0.4 is 9.47 Å². The molecule has 0 aliphatic carbocycles. The van der Waals surface area contributed by atoms with Gasteiger partial charge in [0, 0.05) is 28.3 Å². The zero-order valence-electron chi connectivity index (χ0n) is 16.5. The zero-order valence-corrected chi connectivity index (χ0v) is 18.2. The summed E-state index contributed by atoms with van der Waals surface area (Å²) in [5, 5.41) is 43.6. The molecule has 4 N–H and O–H groups in total. The molecule has 4 rings (SSSR count). The Labute approximate surface area is 181 Å². The molecule has 0 bridgehead atoms. The highest BCUT2D eigenvalue weighted by Crippen LogP contribution is 2.41. The molecule has 3 aromatic rings. The molecular formula is C21H24O7S2. The third-order valence-corrected chi connectivity index (χ3v) is 7.60. The second kappa shape index (κ2) is 8.80. The molecule has 1 saturated heterocycles. The van der Waals surface area contributed by atoms with Crippen LogP contribution in [0.25, 0.3) is 9.40 Å². The summed E-state index contributed by atoms with van der Waals surface area (Å²) in [5.74, 6) is 1.06. The summed E-state index contributed by atoms with van der Waals surface area (Å²) in [7, 11) is 3.08. The van der Waals surface area contributed by atoms with Crippen molar-refractivity contribution >= 4 is 32.1 Å². The zero-order chi connectivity index (χ0) is 21.4. The maximum absolute atomic E-state index is 10.6. The molecule has 1 aromatic carbocycles. The van der Waals surface area contributed by atoms with Crippen molar-refractivity contribution in [1.82, 2.24) is 0 Å². The number of hydrogen-bond donors (Lipinski definition) is 4. The van der Waals surface area contributed by atoms with Crippen molar-refractivity contribution in [2.45, 2.75) is 36.9 Å². The average Bonchev–Trinajstić information content (AvgIpc) is 3.34. The van der Waals surface area contributed by atoms with Crippen LogP contribution in [0.1, 0.15) is 22.1 Å². The van der Waals surface area contributed by atoms with Gasteiger partial charge in [-0.3, -0.25) is 0 Å². The second-order valence-corrected chi connectivity index (χ2v) is 9.52. The summed E-state index contributed by atoms with van der Waals surface area (Å²) in [6.45, 7) is -0.487. The van der Waals surface area contributed by atoms with Crippen LogP contribution in [0.4, 0.5) is 0 Å². The van der Waals surface area contributed by atoms with E-state index in [1.807, 2.05) is 6.07 Å². The highest BCUT2D eigenvalue weighted by Gasteiger charge is 2.45. The number of hydrogen-bond acceptors (Lipinski definition) is 9. The van der Waals surface area contributed by atoms with Crippen LogP contribution >= 0.6 is 22.7 Å². The van der Waals surface area contributed by atoms with Crippen molar-refractivity contribution in [2.24, 2.45) is 0 Å². The van der Waals surface area contributed by atoms with Gasteiger partial charge >= 0.3 is 0 Å². The van der Waals surface area contributed by atoms with Crippen molar-refractivity contribution in [2.75, 3.05) is 20.8 Å². The molecule has 0 radical (unpaired) electrons.